The number of carbonyl (C=O) groups is 2. The normalized spacial score (nSPS) is 22.7. The van der Waals surface area contributed by atoms with Crippen LogP contribution in [0.15, 0.2) is 18.5 Å². The van der Waals surface area contributed by atoms with Crippen molar-refractivity contribution in [1.82, 2.24) is 15.0 Å². The van der Waals surface area contributed by atoms with Gasteiger partial charge in [-0.2, -0.15) is 0 Å². The van der Waals surface area contributed by atoms with E-state index in [1.807, 2.05) is 5.01 Å². The monoisotopic (exact) mass is 391 g/mol. The number of carbonyl (C=O) groups excluding carboxylic acids is 2. The van der Waals surface area contributed by atoms with Crippen LogP contribution in [0.1, 0.15) is 42.5 Å². The van der Waals surface area contributed by atoms with E-state index in [2.05, 4.69) is 15.4 Å². The summed E-state index contributed by atoms with van der Waals surface area (Å²) in [6.45, 7) is 1.17. The average molecular weight is 391 g/mol. The zero-order chi connectivity index (χ0) is 19.9. The summed E-state index contributed by atoms with van der Waals surface area (Å²) in [6, 6.07) is 1.81. The number of primary amides is 1. The molecule has 28 heavy (non-hydrogen) atoms. The smallest absolute Gasteiger partial charge is 0.252 e. The number of aromatic amines is 1. The van der Waals surface area contributed by atoms with Gasteiger partial charge in [-0.3, -0.25) is 9.59 Å². The third-order valence-electron chi connectivity index (χ3n) is 5.66. The van der Waals surface area contributed by atoms with Gasteiger partial charge in [0.15, 0.2) is 0 Å². The molecule has 9 heteroatoms. The van der Waals surface area contributed by atoms with E-state index in [4.69, 9.17) is 5.73 Å². The van der Waals surface area contributed by atoms with Crippen molar-refractivity contribution in [3.63, 3.8) is 0 Å². The number of pyridine rings is 1. The number of piperidine rings is 1. The maximum absolute atomic E-state index is 13.0. The Kier molecular flexibility index (Phi) is 4.78. The Hall–Kier alpha value is -2.55. The van der Waals surface area contributed by atoms with Crippen LogP contribution in [0, 0.1) is 11.8 Å². The number of H-pyrrole nitrogens is 1. The highest BCUT2D eigenvalue weighted by Gasteiger charge is 2.46. The van der Waals surface area contributed by atoms with Gasteiger partial charge in [-0.25, -0.2) is 18.8 Å². The second-order valence-electron chi connectivity index (χ2n) is 7.85. The summed E-state index contributed by atoms with van der Waals surface area (Å²) in [5.74, 6) is -3.54. The van der Waals surface area contributed by atoms with Gasteiger partial charge in [0.25, 0.3) is 5.91 Å². The molecule has 1 aliphatic heterocycles. The second-order valence-corrected chi connectivity index (χ2v) is 7.85. The standard InChI is InChI=1S/C19H23F2N5O2/c20-19(21)7-11(8-19)6-15(27)12-2-1-5-26(10-12)25-16-13-3-4-23-18(13)24-9-14(16)17(22)28/h3-4,9,11-12H,1-2,5-8,10H2,(H2,22,28)(H2,23,24,25)/t12-/m0/s1. The minimum absolute atomic E-state index is 0.0450. The van der Waals surface area contributed by atoms with E-state index in [0.717, 1.165) is 18.2 Å². The molecule has 1 amide bonds. The Balaban J connectivity index is 1.45. The average Bonchev–Trinajstić information content (AvgIpc) is 3.09. The lowest BCUT2D eigenvalue weighted by molar-refractivity contribution is -0.136. The quantitative estimate of drug-likeness (QED) is 0.702. The molecular formula is C19H23F2N5O2. The molecule has 2 fully saturated rings. The molecule has 0 aromatic carbocycles. The molecule has 4 rings (SSSR count). The zero-order valence-electron chi connectivity index (χ0n) is 15.4. The van der Waals surface area contributed by atoms with Crippen molar-refractivity contribution in [2.45, 2.75) is 38.0 Å². The van der Waals surface area contributed by atoms with Gasteiger partial charge in [0, 0.05) is 56.0 Å². The third kappa shape index (κ3) is 3.71. The lowest BCUT2D eigenvalue weighted by Crippen LogP contribution is -2.44. The number of hydrazine groups is 1. The number of Topliss-reactive ketones (excluding diaryl/α,β-unsaturated/α-hetero) is 1. The molecule has 4 N–H and O–H groups in total. The number of hydrogen-bond acceptors (Lipinski definition) is 5. The summed E-state index contributed by atoms with van der Waals surface area (Å²) < 4.78 is 26.0. The lowest BCUT2D eigenvalue weighted by Gasteiger charge is -2.37. The summed E-state index contributed by atoms with van der Waals surface area (Å²) in [7, 11) is 0. The van der Waals surface area contributed by atoms with Crippen LogP contribution in [0.25, 0.3) is 11.0 Å². The number of nitrogens with zero attached hydrogens (tertiary/aromatic N) is 2. The van der Waals surface area contributed by atoms with Gasteiger partial charge in [0.1, 0.15) is 11.4 Å². The highest BCUT2D eigenvalue weighted by molar-refractivity contribution is 6.05. The van der Waals surface area contributed by atoms with Crippen LogP contribution in [-0.4, -0.2) is 45.7 Å². The number of amides is 1. The molecule has 1 saturated heterocycles. The minimum atomic E-state index is -2.60. The number of aromatic nitrogens is 2. The van der Waals surface area contributed by atoms with Crippen LogP contribution < -0.4 is 11.2 Å². The number of halogens is 2. The van der Waals surface area contributed by atoms with Crippen molar-refractivity contribution in [2.75, 3.05) is 18.5 Å². The van der Waals surface area contributed by atoms with E-state index in [1.165, 1.54) is 6.20 Å². The molecule has 1 saturated carbocycles. The van der Waals surface area contributed by atoms with E-state index in [-0.39, 0.29) is 42.4 Å². The van der Waals surface area contributed by atoms with Crippen molar-refractivity contribution >= 4 is 28.4 Å². The summed E-state index contributed by atoms with van der Waals surface area (Å²) >= 11 is 0. The molecule has 3 heterocycles. The highest BCUT2D eigenvalue weighted by atomic mass is 19.3. The van der Waals surface area contributed by atoms with E-state index >= 15 is 0 Å². The van der Waals surface area contributed by atoms with Gasteiger partial charge < -0.3 is 16.1 Å². The molecule has 2 aliphatic rings. The van der Waals surface area contributed by atoms with Crippen LogP contribution >= 0.6 is 0 Å². The van der Waals surface area contributed by atoms with Gasteiger partial charge >= 0.3 is 0 Å². The zero-order valence-corrected chi connectivity index (χ0v) is 15.4. The Bertz CT molecular complexity index is 905. The number of hydrogen-bond donors (Lipinski definition) is 3. The maximum Gasteiger partial charge on any atom is 0.252 e. The first-order valence-electron chi connectivity index (χ1n) is 9.50. The van der Waals surface area contributed by atoms with E-state index in [0.29, 0.717) is 24.4 Å². The minimum Gasteiger partial charge on any atom is -0.365 e. The molecule has 1 aliphatic carbocycles. The van der Waals surface area contributed by atoms with Crippen molar-refractivity contribution in [3.8, 4) is 0 Å². The predicted molar refractivity (Wildman–Crippen MR) is 99.8 cm³/mol. The first-order valence-corrected chi connectivity index (χ1v) is 9.50. The molecule has 150 valence electrons. The van der Waals surface area contributed by atoms with Crippen LogP contribution in [0.4, 0.5) is 14.5 Å². The first kappa shape index (κ1) is 18.8. The number of nitrogens with one attached hydrogen (secondary N) is 2. The number of fused-ring (bicyclic) bond motifs is 1. The van der Waals surface area contributed by atoms with Gasteiger partial charge in [-0.05, 0) is 24.8 Å². The van der Waals surface area contributed by atoms with Gasteiger partial charge in [0.2, 0.25) is 5.92 Å². The maximum atomic E-state index is 13.0. The second kappa shape index (κ2) is 7.12. The number of rotatable bonds is 6. The SMILES string of the molecule is NC(=O)c1cnc2[nH]ccc2c1NN1CCC[C@H](C(=O)CC2CC(F)(F)C2)C1. The Labute approximate surface area is 160 Å². The van der Waals surface area contributed by atoms with Crippen molar-refractivity contribution in [2.24, 2.45) is 17.6 Å². The summed E-state index contributed by atoms with van der Waals surface area (Å²) in [4.78, 5) is 31.6. The fourth-order valence-corrected chi connectivity index (χ4v) is 4.20. The largest absolute Gasteiger partial charge is 0.365 e. The van der Waals surface area contributed by atoms with Crippen LogP contribution in [0.2, 0.25) is 0 Å². The summed E-state index contributed by atoms with van der Waals surface area (Å²) in [6.07, 6.45) is 4.56. The third-order valence-corrected chi connectivity index (χ3v) is 5.66. The van der Waals surface area contributed by atoms with Crippen molar-refractivity contribution < 1.29 is 18.4 Å². The highest BCUT2D eigenvalue weighted by Crippen LogP contribution is 2.44. The number of alkyl halides is 2. The van der Waals surface area contributed by atoms with Crippen LogP contribution in [0.5, 0.6) is 0 Å². The number of anilines is 1. The molecular weight excluding hydrogens is 368 g/mol. The van der Waals surface area contributed by atoms with Gasteiger partial charge in [0.05, 0.1) is 11.3 Å². The molecule has 0 radical (unpaired) electrons. The first-order chi connectivity index (χ1) is 13.3. The Morgan fingerprint density at radius 2 is 2.18 bits per heavy atom. The molecule has 0 spiro atoms. The van der Waals surface area contributed by atoms with E-state index < -0.39 is 11.8 Å². The number of nitrogens with two attached hydrogens (primary N) is 1. The van der Waals surface area contributed by atoms with Gasteiger partial charge in [-0.1, -0.05) is 0 Å². The molecule has 2 aromatic rings. The number of ketones is 1. The van der Waals surface area contributed by atoms with Crippen LogP contribution in [0.3, 0.4) is 0 Å². The fourth-order valence-electron chi connectivity index (χ4n) is 4.20. The topological polar surface area (TPSA) is 104 Å². The van der Waals surface area contributed by atoms with Gasteiger partial charge in [-0.15, -0.1) is 0 Å². The molecule has 0 bridgehead atoms. The van der Waals surface area contributed by atoms with Crippen molar-refractivity contribution in [3.05, 3.63) is 24.0 Å². The molecule has 1 atom stereocenters. The Morgan fingerprint density at radius 1 is 1.39 bits per heavy atom. The molecule has 0 unspecified atom stereocenters. The molecule has 7 nitrogen and oxygen atoms in total. The Morgan fingerprint density at radius 3 is 2.89 bits per heavy atom. The predicted octanol–water partition coefficient (Wildman–Crippen LogP) is 2.71. The van der Waals surface area contributed by atoms with Crippen LogP contribution in [-0.2, 0) is 4.79 Å². The lowest BCUT2D eigenvalue weighted by atomic mass is 9.76. The fraction of sp³-hybridized carbons (Fsp3) is 0.526. The van der Waals surface area contributed by atoms with E-state index in [1.54, 1.807) is 12.3 Å². The summed E-state index contributed by atoms with van der Waals surface area (Å²) in [5, 5.41) is 2.64. The molecule has 2 aromatic heterocycles. The summed E-state index contributed by atoms with van der Waals surface area (Å²) in [5.41, 5.74) is 10.2. The van der Waals surface area contributed by atoms with E-state index in [9.17, 15) is 18.4 Å². The van der Waals surface area contributed by atoms with Crippen molar-refractivity contribution in [1.29, 1.82) is 0 Å².